The molecule has 0 saturated carbocycles. The average molecular weight is 512 g/mol. The van der Waals surface area contributed by atoms with E-state index >= 15 is 0 Å². The van der Waals surface area contributed by atoms with Crippen LogP contribution >= 0.6 is 23.2 Å². The summed E-state index contributed by atoms with van der Waals surface area (Å²) in [7, 11) is 0. The summed E-state index contributed by atoms with van der Waals surface area (Å²) in [5.74, 6) is -1.87. The zero-order chi connectivity index (χ0) is 25.4. The molecule has 0 fully saturated rings. The van der Waals surface area contributed by atoms with E-state index in [1.165, 1.54) is 49.4 Å². The van der Waals surface area contributed by atoms with Gasteiger partial charge in [-0.3, -0.25) is 25.2 Å². The van der Waals surface area contributed by atoms with E-state index < -0.39 is 17.8 Å². The van der Waals surface area contributed by atoms with Crippen LogP contribution in [0.2, 0.25) is 10.0 Å². The molecular formula is C25H19Cl2N3O5. The third kappa shape index (κ3) is 7.43. The minimum atomic E-state index is -0.686. The van der Waals surface area contributed by atoms with Gasteiger partial charge in [-0.15, -0.1) is 0 Å². The van der Waals surface area contributed by atoms with Gasteiger partial charge in [-0.25, -0.2) is 4.79 Å². The van der Waals surface area contributed by atoms with Gasteiger partial charge in [-0.2, -0.15) is 0 Å². The Morgan fingerprint density at radius 3 is 2.29 bits per heavy atom. The summed E-state index contributed by atoms with van der Waals surface area (Å²) in [5.41, 5.74) is 5.95. The third-order valence-corrected chi connectivity index (χ3v) is 5.00. The summed E-state index contributed by atoms with van der Waals surface area (Å²) >= 11 is 11.9. The Balaban J connectivity index is 1.59. The Kier molecular flexibility index (Phi) is 8.61. The van der Waals surface area contributed by atoms with E-state index in [0.717, 1.165) is 0 Å². The number of anilines is 1. The van der Waals surface area contributed by atoms with Gasteiger partial charge in [0.05, 0.1) is 10.6 Å². The maximum Gasteiger partial charge on any atom is 0.345 e. The predicted molar refractivity (Wildman–Crippen MR) is 133 cm³/mol. The SMILES string of the molecule is CC(=O)Nc1ccc(C(=O)NNC(=O)/C=C/c2ccccc2OC(=O)c2ccc(Cl)cc2Cl)cc1. The Bertz CT molecular complexity index is 1310. The predicted octanol–water partition coefficient (Wildman–Crippen LogP) is 4.65. The first kappa shape index (κ1) is 25.5. The molecule has 35 heavy (non-hydrogen) atoms. The summed E-state index contributed by atoms with van der Waals surface area (Å²) < 4.78 is 5.43. The molecule has 0 aliphatic carbocycles. The van der Waals surface area contributed by atoms with E-state index in [0.29, 0.717) is 16.3 Å². The van der Waals surface area contributed by atoms with Crippen molar-refractivity contribution in [3.05, 3.63) is 99.5 Å². The number of amides is 3. The number of hydrogen-bond donors (Lipinski definition) is 3. The van der Waals surface area contributed by atoms with Gasteiger partial charge < -0.3 is 10.1 Å². The first-order valence-corrected chi connectivity index (χ1v) is 10.9. The number of benzene rings is 3. The van der Waals surface area contributed by atoms with Crippen molar-refractivity contribution >= 4 is 58.7 Å². The number of halogens is 2. The fourth-order valence-corrected chi connectivity index (χ4v) is 3.31. The van der Waals surface area contributed by atoms with Gasteiger partial charge in [-0.05, 0) is 54.6 Å². The smallest absolute Gasteiger partial charge is 0.345 e. The van der Waals surface area contributed by atoms with Gasteiger partial charge in [0.25, 0.3) is 11.8 Å². The number of esters is 1. The molecule has 10 heteroatoms. The van der Waals surface area contributed by atoms with Crippen LogP contribution in [-0.2, 0) is 9.59 Å². The highest BCUT2D eigenvalue weighted by atomic mass is 35.5. The number of carbonyl (C=O) groups excluding carboxylic acids is 4. The lowest BCUT2D eigenvalue weighted by molar-refractivity contribution is -0.117. The fraction of sp³-hybridized carbons (Fsp3) is 0.0400. The standard InChI is InChI=1S/C25H19Cl2N3O5/c1-15(31)28-19-10-6-17(7-11-19)24(33)30-29-23(32)13-8-16-4-2-3-5-22(16)35-25(34)20-12-9-18(26)14-21(20)27/h2-14H,1H3,(H,28,31)(H,29,32)(H,30,33)/b13-8+. The van der Waals surface area contributed by atoms with E-state index in [1.807, 2.05) is 0 Å². The van der Waals surface area contributed by atoms with Crippen LogP contribution in [0, 0.1) is 0 Å². The summed E-state index contributed by atoms with van der Waals surface area (Å²) in [6, 6.07) is 17.1. The zero-order valence-corrected chi connectivity index (χ0v) is 19.8. The molecule has 0 bridgehead atoms. The van der Waals surface area contributed by atoms with Crippen LogP contribution < -0.4 is 20.9 Å². The van der Waals surface area contributed by atoms with Gasteiger partial charge >= 0.3 is 5.97 Å². The van der Waals surface area contributed by atoms with Crippen molar-refractivity contribution in [3.8, 4) is 5.75 Å². The molecule has 0 aromatic heterocycles. The fourth-order valence-electron chi connectivity index (χ4n) is 2.83. The van der Waals surface area contributed by atoms with E-state index in [2.05, 4.69) is 16.2 Å². The molecule has 3 amide bonds. The van der Waals surface area contributed by atoms with Crippen molar-refractivity contribution < 1.29 is 23.9 Å². The minimum absolute atomic E-state index is 0.139. The van der Waals surface area contributed by atoms with Crippen LogP contribution in [-0.4, -0.2) is 23.7 Å². The normalized spacial score (nSPS) is 10.5. The quantitative estimate of drug-likeness (QED) is 0.193. The highest BCUT2D eigenvalue weighted by molar-refractivity contribution is 6.36. The molecule has 3 rings (SSSR count). The van der Waals surface area contributed by atoms with E-state index in [1.54, 1.807) is 36.4 Å². The third-order valence-electron chi connectivity index (χ3n) is 4.45. The topological polar surface area (TPSA) is 114 Å². The van der Waals surface area contributed by atoms with Crippen molar-refractivity contribution in [1.82, 2.24) is 10.9 Å². The van der Waals surface area contributed by atoms with Crippen molar-refractivity contribution in [3.63, 3.8) is 0 Å². The largest absolute Gasteiger partial charge is 0.422 e. The Hall–Kier alpha value is -4.14. The number of hydrogen-bond acceptors (Lipinski definition) is 5. The molecule has 0 spiro atoms. The highest BCUT2D eigenvalue weighted by Crippen LogP contribution is 2.25. The van der Waals surface area contributed by atoms with Gasteiger partial charge in [0.2, 0.25) is 5.91 Å². The number of rotatable bonds is 6. The monoisotopic (exact) mass is 511 g/mol. The highest BCUT2D eigenvalue weighted by Gasteiger charge is 2.15. The summed E-state index contributed by atoms with van der Waals surface area (Å²) in [5, 5.41) is 3.12. The van der Waals surface area contributed by atoms with Crippen LogP contribution in [0.4, 0.5) is 5.69 Å². The lowest BCUT2D eigenvalue weighted by atomic mass is 10.1. The van der Waals surface area contributed by atoms with Gasteiger partial charge in [0.15, 0.2) is 0 Å². The molecule has 0 atom stereocenters. The van der Waals surface area contributed by atoms with Crippen LogP contribution in [0.15, 0.2) is 72.8 Å². The molecule has 0 saturated heterocycles. The maximum atomic E-state index is 12.5. The Morgan fingerprint density at radius 1 is 0.886 bits per heavy atom. The van der Waals surface area contributed by atoms with Gasteiger partial charge in [0.1, 0.15) is 5.75 Å². The molecule has 3 N–H and O–H groups in total. The van der Waals surface area contributed by atoms with E-state index in [9.17, 15) is 19.2 Å². The summed E-state index contributed by atoms with van der Waals surface area (Å²) in [4.78, 5) is 47.9. The van der Waals surface area contributed by atoms with E-state index in [4.69, 9.17) is 27.9 Å². The summed E-state index contributed by atoms with van der Waals surface area (Å²) in [6.07, 6.45) is 2.60. The molecule has 0 heterocycles. The second kappa shape index (κ2) is 11.8. The molecule has 3 aromatic carbocycles. The first-order chi connectivity index (χ1) is 16.7. The molecule has 0 aliphatic heterocycles. The second-order valence-corrected chi connectivity index (χ2v) is 7.93. The van der Waals surface area contributed by atoms with Crippen LogP contribution in [0.25, 0.3) is 6.08 Å². The van der Waals surface area contributed by atoms with Crippen molar-refractivity contribution in [2.24, 2.45) is 0 Å². The molecule has 178 valence electrons. The maximum absolute atomic E-state index is 12.5. The number of para-hydroxylation sites is 1. The number of nitrogens with one attached hydrogen (secondary N) is 3. The number of ether oxygens (including phenoxy) is 1. The molecule has 8 nitrogen and oxygen atoms in total. The molecule has 0 aliphatic rings. The van der Waals surface area contributed by atoms with Crippen molar-refractivity contribution in [2.45, 2.75) is 6.92 Å². The van der Waals surface area contributed by atoms with Crippen molar-refractivity contribution in [1.29, 1.82) is 0 Å². The molecular weight excluding hydrogens is 493 g/mol. The van der Waals surface area contributed by atoms with Crippen molar-refractivity contribution in [2.75, 3.05) is 5.32 Å². The molecule has 0 radical (unpaired) electrons. The van der Waals surface area contributed by atoms with Crippen LogP contribution in [0.5, 0.6) is 5.75 Å². The first-order valence-electron chi connectivity index (χ1n) is 10.2. The summed E-state index contributed by atoms with van der Waals surface area (Å²) in [6.45, 7) is 1.38. The van der Waals surface area contributed by atoms with Gasteiger partial charge in [-0.1, -0.05) is 41.4 Å². The molecule has 0 unspecified atom stereocenters. The average Bonchev–Trinajstić information content (AvgIpc) is 2.82. The minimum Gasteiger partial charge on any atom is -0.422 e. The second-order valence-electron chi connectivity index (χ2n) is 7.09. The van der Waals surface area contributed by atoms with Crippen LogP contribution in [0.1, 0.15) is 33.2 Å². The number of hydrazine groups is 1. The van der Waals surface area contributed by atoms with Crippen LogP contribution in [0.3, 0.4) is 0 Å². The van der Waals surface area contributed by atoms with Gasteiger partial charge in [0, 0.05) is 34.8 Å². The zero-order valence-electron chi connectivity index (χ0n) is 18.3. The Labute approximate surface area is 210 Å². The lowest BCUT2D eigenvalue weighted by Gasteiger charge is -2.09. The lowest BCUT2D eigenvalue weighted by Crippen LogP contribution is -2.40. The molecule has 3 aromatic rings. The Morgan fingerprint density at radius 2 is 1.60 bits per heavy atom. The van der Waals surface area contributed by atoms with E-state index in [-0.39, 0.29) is 27.8 Å². The number of carbonyl (C=O) groups is 4.